The maximum absolute atomic E-state index is 11.4. The number of hydrogen-bond acceptors (Lipinski definition) is 1. The van der Waals surface area contributed by atoms with Crippen molar-refractivity contribution in [3.63, 3.8) is 0 Å². The molecule has 74 valence electrons. The molecule has 0 spiro atoms. The smallest absolute Gasteiger partial charge is 0.227 e. The van der Waals surface area contributed by atoms with E-state index in [2.05, 4.69) is 0 Å². The molecule has 0 unspecified atom stereocenters. The highest BCUT2D eigenvalue weighted by Gasteiger charge is 2.23. The van der Waals surface area contributed by atoms with Gasteiger partial charge in [-0.05, 0) is 24.6 Å². The van der Waals surface area contributed by atoms with Gasteiger partial charge in [0.05, 0.1) is 10.7 Å². The molecule has 4 heteroatoms. The van der Waals surface area contributed by atoms with Crippen molar-refractivity contribution in [2.75, 3.05) is 11.4 Å². The van der Waals surface area contributed by atoms with Gasteiger partial charge in [0.25, 0.3) is 0 Å². The Hall–Kier alpha value is -0.730. The SMILES string of the molecule is O=C1CCCN1c1ccc(Cl)cc1Cl. The van der Waals surface area contributed by atoms with Crippen molar-refractivity contribution in [3.8, 4) is 0 Å². The van der Waals surface area contributed by atoms with Crippen LogP contribution in [0, 0.1) is 0 Å². The molecule has 14 heavy (non-hydrogen) atoms. The van der Waals surface area contributed by atoms with E-state index in [9.17, 15) is 4.79 Å². The summed E-state index contributed by atoms with van der Waals surface area (Å²) in [4.78, 5) is 13.2. The summed E-state index contributed by atoms with van der Waals surface area (Å²) >= 11 is 11.8. The first-order chi connectivity index (χ1) is 6.68. The summed E-state index contributed by atoms with van der Waals surface area (Å²) in [5.74, 6) is 0.134. The third kappa shape index (κ3) is 1.72. The van der Waals surface area contributed by atoms with E-state index in [0.717, 1.165) is 18.7 Å². The van der Waals surface area contributed by atoms with E-state index >= 15 is 0 Å². The van der Waals surface area contributed by atoms with Crippen LogP contribution in [-0.2, 0) is 4.79 Å². The van der Waals surface area contributed by atoms with E-state index in [0.29, 0.717) is 16.5 Å². The fraction of sp³-hybridized carbons (Fsp3) is 0.300. The molecule has 0 bridgehead atoms. The van der Waals surface area contributed by atoms with Gasteiger partial charge in [-0.1, -0.05) is 23.2 Å². The Labute approximate surface area is 92.4 Å². The van der Waals surface area contributed by atoms with Crippen LogP contribution in [0.25, 0.3) is 0 Å². The Balaban J connectivity index is 2.36. The molecule has 1 aliphatic heterocycles. The van der Waals surface area contributed by atoms with Gasteiger partial charge in [0, 0.05) is 18.0 Å². The predicted octanol–water partition coefficient (Wildman–Crippen LogP) is 3.12. The second-order valence-corrected chi connectivity index (χ2v) is 4.09. The molecule has 0 aromatic heterocycles. The summed E-state index contributed by atoms with van der Waals surface area (Å²) in [7, 11) is 0. The van der Waals surface area contributed by atoms with E-state index < -0.39 is 0 Å². The lowest BCUT2D eigenvalue weighted by molar-refractivity contribution is -0.117. The van der Waals surface area contributed by atoms with Gasteiger partial charge in [0.2, 0.25) is 5.91 Å². The van der Waals surface area contributed by atoms with Crippen molar-refractivity contribution in [1.29, 1.82) is 0 Å². The molecule has 1 aromatic carbocycles. The minimum Gasteiger partial charge on any atom is -0.311 e. The Bertz CT molecular complexity index is 378. The zero-order valence-corrected chi connectivity index (χ0v) is 8.98. The molecule has 1 aromatic rings. The third-order valence-corrected chi connectivity index (χ3v) is 2.81. The van der Waals surface area contributed by atoms with Crippen LogP contribution in [0.3, 0.4) is 0 Å². The second kappa shape index (κ2) is 3.79. The van der Waals surface area contributed by atoms with Gasteiger partial charge < -0.3 is 4.90 Å². The molecule has 1 fully saturated rings. The first-order valence-corrected chi connectivity index (χ1v) is 5.19. The lowest BCUT2D eigenvalue weighted by Gasteiger charge is -2.17. The summed E-state index contributed by atoms with van der Waals surface area (Å²) in [5, 5.41) is 1.12. The van der Waals surface area contributed by atoms with E-state index in [4.69, 9.17) is 23.2 Å². The standard InChI is InChI=1S/C10H9Cl2NO/c11-7-3-4-9(8(12)6-7)13-5-1-2-10(13)14/h3-4,6H,1-2,5H2. The molecule has 1 saturated heterocycles. The summed E-state index contributed by atoms with van der Waals surface area (Å²) in [5.41, 5.74) is 0.763. The van der Waals surface area contributed by atoms with Crippen LogP contribution >= 0.6 is 23.2 Å². The largest absolute Gasteiger partial charge is 0.311 e. The van der Waals surface area contributed by atoms with Crippen LogP contribution < -0.4 is 4.90 Å². The van der Waals surface area contributed by atoms with Crippen LogP contribution in [0.5, 0.6) is 0 Å². The van der Waals surface area contributed by atoms with Gasteiger partial charge in [0.1, 0.15) is 0 Å². The molecule has 0 aliphatic carbocycles. The van der Waals surface area contributed by atoms with Gasteiger partial charge in [-0.15, -0.1) is 0 Å². The number of anilines is 1. The first kappa shape index (κ1) is 9.81. The second-order valence-electron chi connectivity index (χ2n) is 3.24. The third-order valence-electron chi connectivity index (χ3n) is 2.27. The maximum Gasteiger partial charge on any atom is 0.227 e. The number of rotatable bonds is 1. The Morgan fingerprint density at radius 3 is 2.64 bits per heavy atom. The van der Waals surface area contributed by atoms with Crippen molar-refractivity contribution >= 4 is 34.8 Å². The van der Waals surface area contributed by atoms with Crippen LogP contribution in [0.4, 0.5) is 5.69 Å². The monoisotopic (exact) mass is 229 g/mol. The molecule has 0 saturated carbocycles. The van der Waals surface area contributed by atoms with Gasteiger partial charge in [-0.2, -0.15) is 0 Å². The number of carbonyl (C=O) groups excluding carboxylic acids is 1. The Morgan fingerprint density at radius 1 is 1.29 bits per heavy atom. The van der Waals surface area contributed by atoms with Gasteiger partial charge >= 0.3 is 0 Å². The van der Waals surface area contributed by atoms with E-state index in [1.54, 1.807) is 23.1 Å². The fourth-order valence-electron chi connectivity index (χ4n) is 1.60. The van der Waals surface area contributed by atoms with E-state index in [1.165, 1.54) is 0 Å². The van der Waals surface area contributed by atoms with Crippen LogP contribution in [0.15, 0.2) is 18.2 Å². The molecule has 0 N–H and O–H groups in total. The minimum atomic E-state index is 0.134. The maximum atomic E-state index is 11.4. The van der Waals surface area contributed by atoms with Gasteiger partial charge in [-0.25, -0.2) is 0 Å². The quantitative estimate of drug-likeness (QED) is 0.725. The average Bonchev–Trinajstić information content (AvgIpc) is 2.52. The zero-order valence-electron chi connectivity index (χ0n) is 7.46. The first-order valence-electron chi connectivity index (χ1n) is 4.44. The van der Waals surface area contributed by atoms with Crippen LogP contribution in [0.2, 0.25) is 10.0 Å². The highest BCUT2D eigenvalue weighted by atomic mass is 35.5. The van der Waals surface area contributed by atoms with Crippen molar-refractivity contribution < 1.29 is 4.79 Å². The normalized spacial score (nSPS) is 16.4. The van der Waals surface area contributed by atoms with Gasteiger partial charge in [0.15, 0.2) is 0 Å². The van der Waals surface area contributed by atoms with Gasteiger partial charge in [-0.3, -0.25) is 4.79 Å². The van der Waals surface area contributed by atoms with Crippen molar-refractivity contribution in [2.24, 2.45) is 0 Å². The fourth-order valence-corrected chi connectivity index (χ4v) is 2.11. The Morgan fingerprint density at radius 2 is 2.07 bits per heavy atom. The summed E-state index contributed by atoms with van der Waals surface area (Å²) in [6.07, 6.45) is 1.51. The molecule has 0 radical (unpaired) electrons. The summed E-state index contributed by atoms with van der Waals surface area (Å²) in [6.45, 7) is 0.750. The molecule has 1 amide bonds. The molecular formula is C10H9Cl2NO. The summed E-state index contributed by atoms with van der Waals surface area (Å²) < 4.78 is 0. The predicted molar refractivity (Wildman–Crippen MR) is 58.0 cm³/mol. The topological polar surface area (TPSA) is 20.3 Å². The van der Waals surface area contributed by atoms with Crippen molar-refractivity contribution in [3.05, 3.63) is 28.2 Å². The van der Waals surface area contributed by atoms with Crippen LogP contribution in [-0.4, -0.2) is 12.5 Å². The molecule has 2 nitrogen and oxygen atoms in total. The highest BCUT2D eigenvalue weighted by molar-refractivity contribution is 6.36. The summed E-state index contributed by atoms with van der Waals surface area (Å²) in [6, 6.07) is 5.19. The molecular weight excluding hydrogens is 221 g/mol. The van der Waals surface area contributed by atoms with E-state index in [-0.39, 0.29) is 5.91 Å². The number of halogens is 2. The number of carbonyl (C=O) groups is 1. The molecule has 0 atom stereocenters. The lowest BCUT2D eigenvalue weighted by atomic mass is 10.3. The highest BCUT2D eigenvalue weighted by Crippen LogP contribution is 2.31. The molecule has 2 rings (SSSR count). The number of hydrogen-bond donors (Lipinski definition) is 0. The van der Waals surface area contributed by atoms with Crippen molar-refractivity contribution in [1.82, 2.24) is 0 Å². The van der Waals surface area contributed by atoms with E-state index in [1.807, 2.05) is 0 Å². The minimum absolute atomic E-state index is 0.134. The molecule has 1 aliphatic rings. The van der Waals surface area contributed by atoms with Crippen molar-refractivity contribution in [2.45, 2.75) is 12.8 Å². The average molecular weight is 230 g/mol. The number of amides is 1. The number of nitrogens with zero attached hydrogens (tertiary/aromatic N) is 1. The lowest BCUT2D eigenvalue weighted by Crippen LogP contribution is -2.23. The zero-order chi connectivity index (χ0) is 10.1. The Kier molecular flexibility index (Phi) is 2.66. The van der Waals surface area contributed by atoms with Crippen LogP contribution in [0.1, 0.15) is 12.8 Å². The number of benzene rings is 1. The molecule has 1 heterocycles.